The van der Waals surface area contributed by atoms with Crippen molar-refractivity contribution >= 4 is 17.2 Å². The third-order valence-electron chi connectivity index (χ3n) is 3.85. The number of hydrogen-bond acceptors (Lipinski definition) is 4. The molecular formula is C18H10F4N4O2. The van der Waals surface area contributed by atoms with E-state index in [9.17, 15) is 22.4 Å². The van der Waals surface area contributed by atoms with E-state index in [-0.39, 0.29) is 28.5 Å². The number of aromatic nitrogens is 3. The highest BCUT2D eigenvalue weighted by Crippen LogP contribution is 2.32. The molecule has 3 aromatic heterocycles. The molecule has 0 saturated heterocycles. The van der Waals surface area contributed by atoms with Gasteiger partial charge in [-0.3, -0.25) is 4.79 Å². The van der Waals surface area contributed by atoms with E-state index in [1.165, 1.54) is 36.6 Å². The van der Waals surface area contributed by atoms with Crippen molar-refractivity contribution in [3.05, 3.63) is 72.0 Å². The Morgan fingerprint density at radius 2 is 1.89 bits per heavy atom. The lowest BCUT2D eigenvalue weighted by Gasteiger charge is -2.09. The Morgan fingerprint density at radius 1 is 1.11 bits per heavy atom. The topological polar surface area (TPSA) is 72.4 Å². The highest BCUT2D eigenvalue weighted by atomic mass is 19.4. The quantitative estimate of drug-likeness (QED) is 0.527. The Balaban J connectivity index is 1.79. The Bertz CT molecular complexity index is 1170. The first kappa shape index (κ1) is 17.7. The summed E-state index contributed by atoms with van der Waals surface area (Å²) < 4.78 is 59.7. The van der Waals surface area contributed by atoms with E-state index in [4.69, 9.17) is 4.42 Å². The maximum absolute atomic E-state index is 13.7. The molecular weight excluding hydrogens is 380 g/mol. The van der Waals surface area contributed by atoms with Gasteiger partial charge < -0.3 is 9.73 Å². The van der Waals surface area contributed by atoms with Crippen LogP contribution < -0.4 is 5.32 Å². The largest absolute Gasteiger partial charge is 0.463 e. The first-order valence-electron chi connectivity index (χ1n) is 7.91. The van der Waals surface area contributed by atoms with Crippen LogP contribution in [0.4, 0.5) is 23.2 Å². The molecule has 0 bridgehead atoms. The molecule has 1 aromatic carbocycles. The molecule has 0 aliphatic heterocycles. The van der Waals surface area contributed by atoms with Gasteiger partial charge in [-0.15, -0.1) is 0 Å². The Labute approximate surface area is 154 Å². The molecule has 1 N–H and O–H groups in total. The van der Waals surface area contributed by atoms with E-state index in [2.05, 4.69) is 15.4 Å². The number of carbonyl (C=O) groups is 1. The van der Waals surface area contributed by atoms with Crippen LogP contribution in [-0.2, 0) is 6.18 Å². The summed E-state index contributed by atoms with van der Waals surface area (Å²) in [6, 6.07) is 10.2. The molecule has 0 spiro atoms. The summed E-state index contributed by atoms with van der Waals surface area (Å²) in [5.74, 6) is -1.43. The second kappa shape index (κ2) is 6.48. The molecule has 28 heavy (non-hydrogen) atoms. The summed E-state index contributed by atoms with van der Waals surface area (Å²) in [5.41, 5.74) is -1.87. The van der Waals surface area contributed by atoms with Crippen molar-refractivity contribution in [3.63, 3.8) is 0 Å². The molecule has 0 atom stereocenters. The highest BCUT2D eigenvalue weighted by Gasteiger charge is 2.36. The van der Waals surface area contributed by atoms with Crippen LogP contribution in [0.3, 0.4) is 0 Å². The number of nitrogens with one attached hydrogen (secondary N) is 1. The third-order valence-corrected chi connectivity index (χ3v) is 3.85. The van der Waals surface area contributed by atoms with Gasteiger partial charge in [-0.2, -0.15) is 18.3 Å². The summed E-state index contributed by atoms with van der Waals surface area (Å²) >= 11 is 0. The molecule has 10 heteroatoms. The molecule has 0 unspecified atom stereocenters. The summed E-state index contributed by atoms with van der Waals surface area (Å²) in [7, 11) is 0. The Hall–Kier alpha value is -3.69. The SMILES string of the molecule is O=C(Nc1ccccc1F)c1cc2nc(-c3ccco3)cc(C(F)(F)F)n2n1. The number of fused-ring (bicyclic) bond motifs is 1. The lowest BCUT2D eigenvalue weighted by molar-refractivity contribution is -0.142. The van der Waals surface area contributed by atoms with Crippen molar-refractivity contribution < 1.29 is 26.8 Å². The molecule has 3 heterocycles. The number of para-hydroxylation sites is 1. The summed E-state index contributed by atoms with van der Waals surface area (Å²) in [4.78, 5) is 16.4. The number of carbonyl (C=O) groups excluding carboxylic acids is 1. The van der Waals surface area contributed by atoms with Crippen molar-refractivity contribution in [2.75, 3.05) is 5.32 Å². The van der Waals surface area contributed by atoms with Crippen molar-refractivity contribution in [3.8, 4) is 11.5 Å². The molecule has 0 aliphatic carbocycles. The van der Waals surface area contributed by atoms with E-state index in [1.54, 1.807) is 0 Å². The number of anilines is 1. The molecule has 4 rings (SSSR count). The summed E-state index contributed by atoms with van der Waals surface area (Å²) in [6.07, 6.45) is -3.45. The number of amides is 1. The van der Waals surface area contributed by atoms with Gasteiger partial charge >= 0.3 is 6.18 Å². The number of furan rings is 1. The van der Waals surface area contributed by atoms with Crippen LogP contribution in [0.1, 0.15) is 16.2 Å². The fourth-order valence-electron chi connectivity index (χ4n) is 2.59. The van der Waals surface area contributed by atoms with E-state index in [0.29, 0.717) is 4.52 Å². The van der Waals surface area contributed by atoms with Crippen molar-refractivity contribution in [1.29, 1.82) is 0 Å². The van der Waals surface area contributed by atoms with Crippen LogP contribution in [0.5, 0.6) is 0 Å². The highest BCUT2D eigenvalue weighted by molar-refractivity contribution is 6.03. The smallest absolute Gasteiger partial charge is 0.433 e. The molecule has 4 aromatic rings. The van der Waals surface area contributed by atoms with Gasteiger partial charge in [-0.25, -0.2) is 13.9 Å². The third kappa shape index (κ3) is 3.20. The van der Waals surface area contributed by atoms with Crippen LogP contribution in [0, 0.1) is 5.82 Å². The van der Waals surface area contributed by atoms with Crippen LogP contribution in [0.2, 0.25) is 0 Å². The minimum atomic E-state index is -4.76. The van der Waals surface area contributed by atoms with E-state index >= 15 is 0 Å². The Kier molecular flexibility index (Phi) is 4.10. The first-order chi connectivity index (χ1) is 13.3. The molecule has 0 fully saturated rings. The van der Waals surface area contributed by atoms with Crippen LogP contribution in [0.25, 0.3) is 17.1 Å². The van der Waals surface area contributed by atoms with Crippen molar-refractivity contribution in [1.82, 2.24) is 14.6 Å². The van der Waals surface area contributed by atoms with Crippen LogP contribution in [-0.4, -0.2) is 20.5 Å². The minimum absolute atomic E-state index is 0.0641. The van der Waals surface area contributed by atoms with Gasteiger partial charge in [-0.1, -0.05) is 12.1 Å². The van der Waals surface area contributed by atoms with Gasteiger partial charge in [-0.05, 0) is 30.3 Å². The number of halogens is 4. The van der Waals surface area contributed by atoms with Gasteiger partial charge in [0.25, 0.3) is 5.91 Å². The van der Waals surface area contributed by atoms with Gasteiger partial charge in [0.2, 0.25) is 0 Å². The van der Waals surface area contributed by atoms with Gasteiger partial charge in [0.05, 0.1) is 12.0 Å². The molecule has 0 saturated carbocycles. The molecule has 1 amide bonds. The van der Waals surface area contributed by atoms with Gasteiger partial charge in [0, 0.05) is 6.07 Å². The predicted molar refractivity (Wildman–Crippen MR) is 90.0 cm³/mol. The zero-order chi connectivity index (χ0) is 19.9. The fraction of sp³-hybridized carbons (Fsp3) is 0.0556. The average molecular weight is 390 g/mol. The van der Waals surface area contributed by atoms with Gasteiger partial charge in [0.15, 0.2) is 22.8 Å². The number of hydrogen-bond donors (Lipinski definition) is 1. The first-order valence-corrected chi connectivity index (χ1v) is 7.91. The maximum Gasteiger partial charge on any atom is 0.433 e. The second-order valence-electron chi connectivity index (χ2n) is 5.74. The van der Waals surface area contributed by atoms with Gasteiger partial charge in [0.1, 0.15) is 11.5 Å². The molecule has 142 valence electrons. The molecule has 6 nitrogen and oxygen atoms in total. The lowest BCUT2D eigenvalue weighted by Crippen LogP contribution is -2.16. The summed E-state index contributed by atoms with van der Waals surface area (Å²) in [5, 5.41) is 5.97. The number of alkyl halides is 3. The van der Waals surface area contributed by atoms with Crippen molar-refractivity contribution in [2.45, 2.75) is 6.18 Å². The number of rotatable bonds is 3. The number of nitrogens with zero attached hydrogens (tertiary/aromatic N) is 3. The minimum Gasteiger partial charge on any atom is -0.463 e. The van der Waals surface area contributed by atoms with E-state index in [0.717, 1.165) is 18.2 Å². The number of benzene rings is 1. The normalized spacial score (nSPS) is 11.7. The second-order valence-corrected chi connectivity index (χ2v) is 5.74. The monoisotopic (exact) mass is 390 g/mol. The van der Waals surface area contributed by atoms with E-state index in [1.807, 2.05) is 0 Å². The average Bonchev–Trinajstić information content (AvgIpc) is 3.31. The summed E-state index contributed by atoms with van der Waals surface area (Å²) in [6.45, 7) is 0. The van der Waals surface area contributed by atoms with Crippen LogP contribution >= 0.6 is 0 Å². The van der Waals surface area contributed by atoms with Crippen LogP contribution in [0.15, 0.2) is 59.2 Å². The molecule has 0 aliphatic rings. The fourth-order valence-corrected chi connectivity index (χ4v) is 2.59. The molecule has 0 radical (unpaired) electrons. The van der Waals surface area contributed by atoms with Crippen molar-refractivity contribution in [2.24, 2.45) is 0 Å². The van der Waals surface area contributed by atoms with E-state index < -0.39 is 23.6 Å². The predicted octanol–water partition coefficient (Wildman–Crippen LogP) is 4.40. The zero-order valence-electron chi connectivity index (χ0n) is 13.9. The Morgan fingerprint density at radius 3 is 2.57 bits per heavy atom. The maximum atomic E-state index is 13.7. The lowest BCUT2D eigenvalue weighted by atomic mass is 10.2. The standard InChI is InChI=1S/C18H10F4N4O2/c19-10-4-1-2-5-11(10)24-17(27)13-9-16-23-12(14-6-3-7-28-14)8-15(18(20,21)22)26(16)25-13/h1-9H,(H,24,27). The zero-order valence-corrected chi connectivity index (χ0v) is 13.9.